The number of carbonyl (C=O) groups excluding carboxylic acids is 1. The Morgan fingerprint density at radius 2 is 1.89 bits per heavy atom. The Bertz CT molecular complexity index is 593. The quantitative estimate of drug-likeness (QED) is 0.771. The summed E-state index contributed by atoms with van der Waals surface area (Å²) >= 11 is 5.93. The highest BCUT2D eigenvalue weighted by molar-refractivity contribution is 6.30. The number of fused-ring (bicyclic) bond motifs is 1. The van der Waals surface area contributed by atoms with Crippen molar-refractivity contribution in [3.8, 4) is 5.75 Å². The highest BCUT2D eigenvalue weighted by Gasteiger charge is 2.27. The molecule has 90 valence electrons. The van der Waals surface area contributed by atoms with E-state index in [1.165, 1.54) is 0 Å². The SMILES string of the molecule is O=C1C[C@H](c2ccccc2)Oc2cc(Cl)ccc21. The summed E-state index contributed by atoms with van der Waals surface area (Å²) in [4.78, 5) is 12.1. The van der Waals surface area contributed by atoms with Gasteiger partial charge in [0.25, 0.3) is 0 Å². The van der Waals surface area contributed by atoms with Gasteiger partial charge in [-0.2, -0.15) is 0 Å². The summed E-state index contributed by atoms with van der Waals surface area (Å²) in [7, 11) is 0. The zero-order valence-electron chi connectivity index (χ0n) is 9.60. The molecule has 0 fully saturated rings. The molecule has 0 saturated carbocycles. The average molecular weight is 259 g/mol. The maximum atomic E-state index is 12.1. The van der Waals surface area contributed by atoms with E-state index in [0.29, 0.717) is 22.8 Å². The van der Waals surface area contributed by atoms with Crippen molar-refractivity contribution in [2.45, 2.75) is 12.5 Å². The Labute approximate surface area is 110 Å². The van der Waals surface area contributed by atoms with Crippen LogP contribution in [0.5, 0.6) is 5.75 Å². The highest BCUT2D eigenvalue weighted by Crippen LogP contribution is 2.36. The summed E-state index contributed by atoms with van der Waals surface area (Å²) in [6.45, 7) is 0. The van der Waals surface area contributed by atoms with E-state index >= 15 is 0 Å². The molecule has 0 bridgehead atoms. The van der Waals surface area contributed by atoms with E-state index in [0.717, 1.165) is 5.56 Å². The molecule has 2 aromatic carbocycles. The van der Waals surface area contributed by atoms with Gasteiger partial charge in [-0.1, -0.05) is 41.9 Å². The molecule has 3 heteroatoms. The third kappa shape index (κ3) is 2.00. The summed E-state index contributed by atoms with van der Waals surface area (Å²) in [5.74, 6) is 0.675. The highest BCUT2D eigenvalue weighted by atomic mass is 35.5. The Balaban J connectivity index is 1.98. The van der Waals surface area contributed by atoms with Crippen LogP contribution >= 0.6 is 11.6 Å². The van der Waals surface area contributed by atoms with E-state index in [-0.39, 0.29) is 11.9 Å². The van der Waals surface area contributed by atoms with Crippen molar-refractivity contribution in [2.75, 3.05) is 0 Å². The third-order valence-electron chi connectivity index (χ3n) is 3.06. The molecular weight excluding hydrogens is 248 g/mol. The molecule has 3 rings (SSSR count). The van der Waals surface area contributed by atoms with Crippen LogP contribution in [0.3, 0.4) is 0 Å². The van der Waals surface area contributed by atoms with Gasteiger partial charge in [-0.15, -0.1) is 0 Å². The fraction of sp³-hybridized carbons (Fsp3) is 0.133. The van der Waals surface area contributed by atoms with Crippen LogP contribution in [0.1, 0.15) is 28.4 Å². The van der Waals surface area contributed by atoms with Gasteiger partial charge in [0.2, 0.25) is 0 Å². The standard InChI is InChI=1S/C15H11ClO2/c16-11-6-7-12-13(17)9-14(18-15(12)8-11)10-4-2-1-3-5-10/h1-8,14H,9H2/t14-/m1/s1. The van der Waals surface area contributed by atoms with Gasteiger partial charge in [0.05, 0.1) is 12.0 Å². The zero-order chi connectivity index (χ0) is 12.5. The Kier molecular flexibility index (Phi) is 2.80. The monoisotopic (exact) mass is 258 g/mol. The number of halogens is 1. The van der Waals surface area contributed by atoms with Gasteiger partial charge in [0.1, 0.15) is 11.9 Å². The van der Waals surface area contributed by atoms with Crippen LogP contribution < -0.4 is 4.74 Å². The third-order valence-corrected chi connectivity index (χ3v) is 3.29. The van der Waals surface area contributed by atoms with Crippen LogP contribution in [0.15, 0.2) is 48.5 Å². The lowest BCUT2D eigenvalue weighted by atomic mass is 9.96. The molecule has 1 aliphatic heterocycles. The van der Waals surface area contributed by atoms with Gasteiger partial charge in [-0.25, -0.2) is 0 Å². The fourth-order valence-electron chi connectivity index (χ4n) is 2.15. The number of Topliss-reactive ketones (excluding diaryl/α,β-unsaturated/α-hetero) is 1. The molecule has 1 heterocycles. The van der Waals surface area contributed by atoms with Crippen LogP contribution in [0.2, 0.25) is 5.02 Å². The Hall–Kier alpha value is -1.80. The lowest BCUT2D eigenvalue weighted by Crippen LogP contribution is -2.20. The molecule has 0 aromatic heterocycles. The topological polar surface area (TPSA) is 26.3 Å². The second-order valence-electron chi connectivity index (χ2n) is 4.28. The van der Waals surface area contributed by atoms with Gasteiger partial charge < -0.3 is 4.74 Å². The minimum Gasteiger partial charge on any atom is -0.484 e. The predicted octanol–water partition coefficient (Wildman–Crippen LogP) is 4.05. The molecule has 0 saturated heterocycles. The second-order valence-corrected chi connectivity index (χ2v) is 4.72. The van der Waals surface area contributed by atoms with Gasteiger partial charge >= 0.3 is 0 Å². The summed E-state index contributed by atoms with van der Waals surface area (Å²) in [6.07, 6.45) is 0.156. The van der Waals surface area contributed by atoms with E-state index in [9.17, 15) is 4.79 Å². The van der Waals surface area contributed by atoms with Crippen molar-refractivity contribution in [2.24, 2.45) is 0 Å². The number of rotatable bonds is 1. The largest absolute Gasteiger partial charge is 0.484 e. The van der Waals surface area contributed by atoms with Gasteiger partial charge in [-0.3, -0.25) is 4.79 Å². The van der Waals surface area contributed by atoms with Gasteiger partial charge in [0.15, 0.2) is 5.78 Å². The van der Waals surface area contributed by atoms with Crippen molar-refractivity contribution in [3.63, 3.8) is 0 Å². The van der Waals surface area contributed by atoms with Crippen LogP contribution in [0.4, 0.5) is 0 Å². The van der Waals surface area contributed by atoms with E-state index < -0.39 is 0 Å². The van der Waals surface area contributed by atoms with Crippen molar-refractivity contribution in [1.29, 1.82) is 0 Å². The maximum absolute atomic E-state index is 12.1. The first kappa shape index (κ1) is 11.3. The van der Waals surface area contributed by atoms with Crippen molar-refractivity contribution in [1.82, 2.24) is 0 Å². The molecule has 1 aliphatic rings. The van der Waals surface area contributed by atoms with Crippen molar-refractivity contribution >= 4 is 17.4 Å². The number of ketones is 1. The summed E-state index contributed by atoms with van der Waals surface area (Å²) in [5, 5.41) is 0.579. The van der Waals surface area contributed by atoms with E-state index in [4.69, 9.17) is 16.3 Å². The van der Waals surface area contributed by atoms with E-state index in [1.807, 2.05) is 30.3 Å². The summed E-state index contributed by atoms with van der Waals surface area (Å²) in [6, 6.07) is 14.9. The number of carbonyl (C=O) groups is 1. The van der Waals surface area contributed by atoms with Crippen molar-refractivity contribution in [3.05, 3.63) is 64.7 Å². The van der Waals surface area contributed by atoms with Crippen LogP contribution in [-0.4, -0.2) is 5.78 Å². The number of hydrogen-bond acceptors (Lipinski definition) is 2. The van der Waals surface area contributed by atoms with Gasteiger partial charge in [-0.05, 0) is 23.8 Å². The van der Waals surface area contributed by atoms with E-state index in [2.05, 4.69) is 0 Å². The molecule has 0 spiro atoms. The fourth-order valence-corrected chi connectivity index (χ4v) is 2.31. The lowest BCUT2D eigenvalue weighted by Gasteiger charge is -2.25. The Morgan fingerprint density at radius 3 is 2.67 bits per heavy atom. The smallest absolute Gasteiger partial charge is 0.170 e. The first-order valence-corrected chi connectivity index (χ1v) is 6.16. The summed E-state index contributed by atoms with van der Waals surface area (Å²) < 4.78 is 5.86. The molecule has 18 heavy (non-hydrogen) atoms. The zero-order valence-corrected chi connectivity index (χ0v) is 10.4. The molecule has 0 aliphatic carbocycles. The van der Waals surface area contributed by atoms with E-state index in [1.54, 1.807) is 18.2 Å². The molecule has 0 unspecified atom stereocenters. The first-order chi connectivity index (χ1) is 8.74. The molecule has 0 N–H and O–H groups in total. The number of benzene rings is 2. The maximum Gasteiger partial charge on any atom is 0.170 e. The minimum atomic E-state index is -0.218. The predicted molar refractivity (Wildman–Crippen MR) is 70.2 cm³/mol. The molecule has 2 aromatic rings. The van der Waals surface area contributed by atoms with Gasteiger partial charge in [0, 0.05) is 5.02 Å². The lowest BCUT2D eigenvalue weighted by molar-refractivity contribution is 0.0850. The molecule has 1 atom stereocenters. The number of ether oxygens (including phenoxy) is 1. The van der Waals surface area contributed by atoms with Crippen LogP contribution in [0, 0.1) is 0 Å². The first-order valence-electron chi connectivity index (χ1n) is 5.78. The van der Waals surface area contributed by atoms with Crippen molar-refractivity contribution < 1.29 is 9.53 Å². The Morgan fingerprint density at radius 1 is 1.11 bits per heavy atom. The molecule has 2 nitrogen and oxygen atoms in total. The molecule has 0 amide bonds. The number of hydrogen-bond donors (Lipinski definition) is 0. The average Bonchev–Trinajstić information content (AvgIpc) is 2.39. The second kappa shape index (κ2) is 4.46. The normalized spacial score (nSPS) is 18.1. The molecule has 0 radical (unpaired) electrons. The van der Waals surface area contributed by atoms with Crippen LogP contribution in [-0.2, 0) is 0 Å². The van der Waals surface area contributed by atoms with Crippen LogP contribution in [0.25, 0.3) is 0 Å². The molecular formula is C15H11ClO2. The minimum absolute atomic E-state index is 0.0989. The summed E-state index contributed by atoms with van der Waals surface area (Å²) in [5.41, 5.74) is 1.63.